The SMILES string of the molecule is CC(C)(C)OC(=O)N1CCC(c2ccn3nccc3n2)CC1. The lowest BCUT2D eigenvalue weighted by molar-refractivity contribution is 0.0204. The zero-order chi connectivity index (χ0) is 15.7. The van der Waals surface area contributed by atoms with Crippen LogP contribution in [0.3, 0.4) is 0 Å². The molecule has 0 N–H and O–H groups in total. The standard InChI is InChI=1S/C16H22N4O2/c1-16(2,3)22-15(21)19-9-5-12(6-10-19)13-7-11-20-14(18-13)4-8-17-20/h4,7-8,11-12H,5-6,9-10H2,1-3H3. The van der Waals surface area contributed by atoms with Crippen molar-refractivity contribution in [1.82, 2.24) is 19.5 Å². The van der Waals surface area contributed by atoms with Gasteiger partial charge in [-0.2, -0.15) is 5.10 Å². The van der Waals surface area contributed by atoms with Crippen LogP contribution in [0, 0.1) is 0 Å². The summed E-state index contributed by atoms with van der Waals surface area (Å²) in [5.41, 5.74) is 1.51. The number of amides is 1. The average Bonchev–Trinajstić information content (AvgIpc) is 2.93. The minimum Gasteiger partial charge on any atom is -0.444 e. The maximum Gasteiger partial charge on any atom is 0.410 e. The van der Waals surface area contributed by atoms with Crippen LogP contribution in [0.15, 0.2) is 24.5 Å². The smallest absolute Gasteiger partial charge is 0.410 e. The lowest BCUT2D eigenvalue weighted by atomic mass is 9.93. The molecule has 1 fully saturated rings. The van der Waals surface area contributed by atoms with Crippen LogP contribution in [-0.4, -0.2) is 44.3 Å². The lowest BCUT2D eigenvalue weighted by Crippen LogP contribution is -2.41. The number of fused-ring (bicyclic) bond motifs is 1. The first-order chi connectivity index (χ1) is 10.4. The van der Waals surface area contributed by atoms with Crippen LogP contribution >= 0.6 is 0 Å². The Hall–Kier alpha value is -2.11. The predicted molar refractivity (Wildman–Crippen MR) is 82.8 cm³/mol. The largest absolute Gasteiger partial charge is 0.444 e. The molecule has 1 saturated heterocycles. The molecule has 0 atom stereocenters. The van der Waals surface area contributed by atoms with Crippen LogP contribution in [0.5, 0.6) is 0 Å². The van der Waals surface area contributed by atoms with E-state index < -0.39 is 5.60 Å². The van der Waals surface area contributed by atoms with Gasteiger partial charge in [-0.25, -0.2) is 14.3 Å². The molecule has 118 valence electrons. The molecule has 0 unspecified atom stereocenters. The molecule has 0 radical (unpaired) electrons. The van der Waals surface area contributed by atoms with Crippen molar-refractivity contribution in [2.45, 2.75) is 45.1 Å². The van der Waals surface area contributed by atoms with Gasteiger partial charge >= 0.3 is 6.09 Å². The highest BCUT2D eigenvalue weighted by Crippen LogP contribution is 2.27. The van der Waals surface area contributed by atoms with Crippen molar-refractivity contribution >= 4 is 11.7 Å². The fourth-order valence-corrected chi connectivity index (χ4v) is 2.74. The second-order valence-electron chi connectivity index (χ2n) is 6.73. The van der Waals surface area contributed by atoms with E-state index in [4.69, 9.17) is 4.74 Å². The number of piperidine rings is 1. The third kappa shape index (κ3) is 3.21. The number of rotatable bonds is 1. The molecule has 3 heterocycles. The molecule has 2 aromatic heterocycles. The van der Waals surface area contributed by atoms with Crippen molar-refractivity contribution in [3.8, 4) is 0 Å². The summed E-state index contributed by atoms with van der Waals surface area (Å²) in [6, 6.07) is 3.92. The van der Waals surface area contributed by atoms with E-state index in [-0.39, 0.29) is 6.09 Å². The summed E-state index contributed by atoms with van der Waals surface area (Å²) in [6.45, 7) is 7.10. The van der Waals surface area contributed by atoms with Crippen molar-refractivity contribution in [2.24, 2.45) is 0 Å². The number of hydrogen-bond donors (Lipinski definition) is 0. The Labute approximate surface area is 130 Å². The maximum absolute atomic E-state index is 12.1. The molecule has 0 aliphatic carbocycles. The molecule has 0 saturated carbocycles. The summed E-state index contributed by atoms with van der Waals surface area (Å²) in [6.07, 6.45) is 5.30. The molecule has 22 heavy (non-hydrogen) atoms. The number of nitrogens with zero attached hydrogens (tertiary/aromatic N) is 4. The first-order valence-corrected chi connectivity index (χ1v) is 7.70. The van der Waals surface area contributed by atoms with Crippen LogP contribution in [0.2, 0.25) is 0 Å². The number of hydrogen-bond acceptors (Lipinski definition) is 4. The van der Waals surface area contributed by atoms with Gasteiger partial charge in [-0.05, 0) is 39.7 Å². The van der Waals surface area contributed by atoms with Crippen LogP contribution < -0.4 is 0 Å². The van der Waals surface area contributed by atoms with Gasteiger partial charge in [-0.3, -0.25) is 0 Å². The van der Waals surface area contributed by atoms with Crippen LogP contribution in [0.4, 0.5) is 4.79 Å². The monoisotopic (exact) mass is 302 g/mol. The van der Waals surface area contributed by atoms with Crippen LogP contribution in [-0.2, 0) is 4.74 Å². The van der Waals surface area contributed by atoms with Gasteiger partial charge in [-0.15, -0.1) is 0 Å². The molecule has 0 aromatic carbocycles. The Morgan fingerprint density at radius 2 is 2.00 bits per heavy atom. The fourth-order valence-electron chi connectivity index (χ4n) is 2.74. The van der Waals surface area contributed by atoms with Crippen molar-refractivity contribution in [2.75, 3.05) is 13.1 Å². The van der Waals surface area contributed by atoms with E-state index in [9.17, 15) is 4.79 Å². The van der Waals surface area contributed by atoms with Crippen molar-refractivity contribution in [1.29, 1.82) is 0 Å². The number of carbonyl (C=O) groups excluding carboxylic acids is 1. The van der Waals surface area contributed by atoms with E-state index in [2.05, 4.69) is 10.1 Å². The second-order valence-corrected chi connectivity index (χ2v) is 6.73. The first kappa shape index (κ1) is 14.8. The first-order valence-electron chi connectivity index (χ1n) is 7.70. The maximum atomic E-state index is 12.1. The van der Waals surface area contributed by atoms with E-state index in [0.717, 1.165) is 24.2 Å². The Bertz CT molecular complexity index is 666. The van der Waals surface area contributed by atoms with E-state index in [1.165, 1.54) is 0 Å². The molecule has 6 nitrogen and oxygen atoms in total. The highest BCUT2D eigenvalue weighted by Gasteiger charge is 2.28. The van der Waals surface area contributed by atoms with Gasteiger partial charge in [-0.1, -0.05) is 0 Å². The predicted octanol–water partition coefficient (Wildman–Crippen LogP) is 2.84. The lowest BCUT2D eigenvalue weighted by Gasteiger charge is -2.33. The summed E-state index contributed by atoms with van der Waals surface area (Å²) in [4.78, 5) is 18.5. The molecule has 2 aromatic rings. The highest BCUT2D eigenvalue weighted by atomic mass is 16.6. The minimum absolute atomic E-state index is 0.217. The van der Waals surface area contributed by atoms with Crippen molar-refractivity contribution in [3.63, 3.8) is 0 Å². The van der Waals surface area contributed by atoms with E-state index in [1.807, 2.05) is 39.1 Å². The number of likely N-dealkylation sites (tertiary alicyclic amines) is 1. The van der Waals surface area contributed by atoms with Crippen LogP contribution in [0.1, 0.15) is 45.2 Å². The van der Waals surface area contributed by atoms with Gasteiger partial charge in [0.05, 0.1) is 6.20 Å². The number of aromatic nitrogens is 3. The van der Waals surface area contributed by atoms with Gasteiger partial charge in [0.15, 0.2) is 5.65 Å². The van der Waals surface area contributed by atoms with Crippen LogP contribution in [0.25, 0.3) is 5.65 Å². The molecule has 6 heteroatoms. The molecule has 1 aliphatic heterocycles. The molecule has 0 spiro atoms. The molecule has 3 rings (SSSR count). The second kappa shape index (κ2) is 5.59. The van der Waals surface area contributed by atoms with E-state index in [0.29, 0.717) is 19.0 Å². The summed E-state index contributed by atoms with van der Waals surface area (Å²) in [5.74, 6) is 0.388. The Morgan fingerprint density at radius 1 is 1.27 bits per heavy atom. The highest BCUT2D eigenvalue weighted by molar-refractivity contribution is 5.68. The number of carbonyl (C=O) groups is 1. The molecular formula is C16H22N4O2. The summed E-state index contributed by atoms with van der Waals surface area (Å²) < 4.78 is 7.19. The quantitative estimate of drug-likeness (QED) is 0.812. The van der Waals surface area contributed by atoms with Gasteiger partial charge in [0, 0.05) is 37.0 Å². The topological polar surface area (TPSA) is 59.7 Å². The van der Waals surface area contributed by atoms with Gasteiger partial charge in [0.2, 0.25) is 0 Å². The fraction of sp³-hybridized carbons (Fsp3) is 0.562. The third-order valence-electron chi connectivity index (χ3n) is 3.84. The van der Waals surface area contributed by atoms with E-state index in [1.54, 1.807) is 15.6 Å². The Balaban J connectivity index is 1.62. The zero-order valence-corrected chi connectivity index (χ0v) is 13.3. The average molecular weight is 302 g/mol. The van der Waals surface area contributed by atoms with Gasteiger partial charge in [0.25, 0.3) is 0 Å². The normalized spacial score (nSPS) is 17.0. The number of ether oxygens (including phenoxy) is 1. The molecule has 1 amide bonds. The van der Waals surface area contributed by atoms with E-state index >= 15 is 0 Å². The summed E-state index contributed by atoms with van der Waals surface area (Å²) in [5, 5.41) is 4.16. The Morgan fingerprint density at radius 3 is 2.68 bits per heavy atom. The molecular weight excluding hydrogens is 280 g/mol. The molecule has 1 aliphatic rings. The van der Waals surface area contributed by atoms with Gasteiger partial charge < -0.3 is 9.64 Å². The van der Waals surface area contributed by atoms with Crippen molar-refractivity contribution in [3.05, 3.63) is 30.2 Å². The van der Waals surface area contributed by atoms with Gasteiger partial charge in [0.1, 0.15) is 5.60 Å². The Kier molecular flexibility index (Phi) is 3.76. The molecule has 0 bridgehead atoms. The third-order valence-corrected chi connectivity index (χ3v) is 3.84. The summed E-state index contributed by atoms with van der Waals surface area (Å²) >= 11 is 0. The zero-order valence-electron chi connectivity index (χ0n) is 13.3. The minimum atomic E-state index is -0.442. The van der Waals surface area contributed by atoms with Crippen molar-refractivity contribution < 1.29 is 9.53 Å². The summed E-state index contributed by atoms with van der Waals surface area (Å²) in [7, 11) is 0.